The summed E-state index contributed by atoms with van der Waals surface area (Å²) in [6, 6.07) is 1.77. The maximum Gasteiger partial charge on any atom is 0.202 e. The second kappa shape index (κ2) is 2.81. The summed E-state index contributed by atoms with van der Waals surface area (Å²) < 4.78 is 4.96. The lowest BCUT2D eigenvalue weighted by Gasteiger charge is -1.94. The molecule has 0 spiro atoms. The molecule has 0 unspecified atom stereocenters. The Kier molecular flexibility index (Phi) is 1.77. The molecule has 0 aliphatic heterocycles. The summed E-state index contributed by atoms with van der Waals surface area (Å²) in [5.74, 6) is 0.479. The first-order chi connectivity index (χ1) is 6.20. The summed E-state index contributed by atoms with van der Waals surface area (Å²) in [5, 5.41) is 7.00. The van der Waals surface area contributed by atoms with Crippen LogP contribution in [0.1, 0.15) is 5.56 Å². The van der Waals surface area contributed by atoms with Gasteiger partial charge in [0.15, 0.2) is 0 Å². The molecule has 0 fully saturated rings. The van der Waals surface area contributed by atoms with Crippen LogP contribution in [0, 0.1) is 6.92 Å². The Bertz CT molecular complexity index is 432. The van der Waals surface area contributed by atoms with Crippen molar-refractivity contribution in [1.29, 1.82) is 0 Å². The van der Waals surface area contributed by atoms with E-state index in [0.29, 0.717) is 11.0 Å². The van der Waals surface area contributed by atoms with Crippen molar-refractivity contribution in [2.75, 3.05) is 5.73 Å². The van der Waals surface area contributed by atoms with Crippen LogP contribution >= 0.6 is 11.6 Å². The summed E-state index contributed by atoms with van der Waals surface area (Å²) in [4.78, 5) is 0. The van der Waals surface area contributed by atoms with Gasteiger partial charge in [0, 0.05) is 5.56 Å². The van der Waals surface area contributed by atoms with Crippen molar-refractivity contribution in [1.82, 2.24) is 10.2 Å². The number of anilines is 1. The zero-order chi connectivity index (χ0) is 9.42. The van der Waals surface area contributed by atoms with Crippen LogP contribution in [0.25, 0.3) is 11.3 Å². The molecule has 3 N–H and O–H groups in total. The number of rotatable bonds is 1. The van der Waals surface area contributed by atoms with Crippen molar-refractivity contribution < 1.29 is 4.42 Å². The minimum absolute atomic E-state index is 0.340. The molecule has 13 heavy (non-hydrogen) atoms. The molecule has 2 aromatic heterocycles. The van der Waals surface area contributed by atoms with Gasteiger partial charge in [0.25, 0.3) is 0 Å². The van der Waals surface area contributed by atoms with Gasteiger partial charge in [0.2, 0.25) is 5.22 Å². The Hall–Kier alpha value is -1.42. The number of nitrogens with two attached hydrogens (primary N) is 1. The fraction of sp³-hybridized carbons (Fsp3) is 0.125. The average molecular weight is 198 g/mol. The molecule has 0 saturated heterocycles. The van der Waals surface area contributed by atoms with Crippen LogP contribution in [-0.4, -0.2) is 10.2 Å². The summed E-state index contributed by atoms with van der Waals surface area (Å²) >= 11 is 5.80. The van der Waals surface area contributed by atoms with E-state index in [4.69, 9.17) is 21.8 Å². The lowest BCUT2D eigenvalue weighted by molar-refractivity contribution is 0.570. The molecule has 2 aromatic rings. The Balaban J connectivity index is 2.59. The molecule has 4 nitrogen and oxygen atoms in total. The molecule has 0 aliphatic rings. The molecular weight excluding hydrogens is 190 g/mol. The summed E-state index contributed by atoms with van der Waals surface area (Å²) in [6.07, 6.45) is 1.52. The zero-order valence-corrected chi connectivity index (χ0v) is 7.72. The monoisotopic (exact) mass is 197 g/mol. The predicted octanol–water partition coefficient (Wildman–Crippen LogP) is 2.21. The van der Waals surface area contributed by atoms with E-state index in [1.165, 1.54) is 6.26 Å². The van der Waals surface area contributed by atoms with Gasteiger partial charge in [0.05, 0.1) is 17.5 Å². The average Bonchev–Trinajstić information content (AvgIpc) is 2.62. The first-order valence-electron chi connectivity index (χ1n) is 3.74. The van der Waals surface area contributed by atoms with Crippen molar-refractivity contribution in [2.45, 2.75) is 6.92 Å². The number of nitrogen functional groups attached to an aromatic ring is 1. The van der Waals surface area contributed by atoms with Crippen LogP contribution in [0.15, 0.2) is 16.7 Å². The van der Waals surface area contributed by atoms with E-state index in [-0.39, 0.29) is 0 Å². The number of halogens is 1. The number of hydrogen-bond donors (Lipinski definition) is 2. The van der Waals surface area contributed by atoms with E-state index >= 15 is 0 Å². The van der Waals surface area contributed by atoms with Gasteiger partial charge in [0.1, 0.15) is 5.82 Å². The minimum atomic E-state index is 0.340. The number of hydrogen-bond acceptors (Lipinski definition) is 3. The highest BCUT2D eigenvalue weighted by Crippen LogP contribution is 2.31. The Labute approximate surface area is 79.7 Å². The Morgan fingerprint density at radius 3 is 2.85 bits per heavy atom. The first kappa shape index (κ1) is 8.19. The van der Waals surface area contributed by atoms with E-state index < -0.39 is 0 Å². The lowest BCUT2D eigenvalue weighted by Crippen LogP contribution is -1.86. The fourth-order valence-electron chi connectivity index (χ4n) is 1.15. The van der Waals surface area contributed by atoms with Crippen LogP contribution in [0.2, 0.25) is 5.22 Å². The van der Waals surface area contributed by atoms with E-state index in [2.05, 4.69) is 10.2 Å². The molecule has 0 radical (unpaired) electrons. The van der Waals surface area contributed by atoms with Gasteiger partial charge in [-0.1, -0.05) is 0 Å². The van der Waals surface area contributed by atoms with Crippen LogP contribution in [0.4, 0.5) is 5.82 Å². The number of furan rings is 1. The van der Waals surface area contributed by atoms with Crippen LogP contribution in [0.5, 0.6) is 0 Å². The molecule has 0 aliphatic carbocycles. The van der Waals surface area contributed by atoms with Crippen molar-refractivity contribution in [2.24, 2.45) is 0 Å². The van der Waals surface area contributed by atoms with E-state index in [0.717, 1.165) is 16.8 Å². The number of nitrogens with zero attached hydrogens (tertiary/aromatic N) is 1. The van der Waals surface area contributed by atoms with Crippen molar-refractivity contribution in [3.8, 4) is 11.3 Å². The van der Waals surface area contributed by atoms with Crippen molar-refractivity contribution in [3.63, 3.8) is 0 Å². The van der Waals surface area contributed by atoms with Gasteiger partial charge >= 0.3 is 0 Å². The summed E-state index contributed by atoms with van der Waals surface area (Å²) in [5.41, 5.74) is 8.04. The highest BCUT2D eigenvalue weighted by Gasteiger charge is 2.12. The molecule has 2 rings (SSSR count). The molecule has 68 valence electrons. The number of H-pyrrole nitrogens is 1. The van der Waals surface area contributed by atoms with Gasteiger partial charge in [-0.15, -0.1) is 0 Å². The predicted molar refractivity (Wildman–Crippen MR) is 50.4 cm³/mol. The third-order valence-corrected chi connectivity index (χ3v) is 2.23. The molecule has 0 bridgehead atoms. The minimum Gasteiger partial charge on any atom is -0.452 e. The third-order valence-electron chi connectivity index (χ3n) is 1.93. The third kappa shape index (κ3) is 1.19. The number of nitrogens with one attached hydrogen (secondary N) is 1. The van der Waals surface area contributed by atoms with Gasteiger partial charge < -0.3 is 10.2 Å². The SMILES string of the molecule is Cc1c(N)n[nH]c1-c1ccoc1Cl. The maximum atomic E-state index is 5.80. The summed E-state index contributed by atoms with van der Waals surface area (Å²) in [7, 11) is 0. The van der Waals surface area contributed by atoms with Gasteiger partial charge in [-0.25, -0.2) is 0 Å². The molecule has 2 heterocycles. The molecule has 5 heteroatoms. The normalized spacial score (nSPS) is 10.6. The second-order valence-electron chi connectivity index (χ2n) is 2.72. The van der Waals surface area contributed by atoms with Crippen molar-refractivity contribution in [3.05, 3.63) is 23.1 Å². The first-order valence-corrected chi connectivity index (χ1v) is 4.11. The fourth-order valence-corrected chi connectivity index (χ4v) is 1.36. The van der Waals surface area contributed by atoms with Gasteiger partial charge in [-0.3, -0.25) is 5.10 Å². The van der Waals surface area contributed by atoms with Crippen molar-refractivity contribution >= 4 is 17.4 Å². The van der Waals surface area contributed by atoms with E-state index in [9.17, 15) is 0 Å². The molecule has 0 amide bonds. The molecule has 0 atom stereocenters. The zero-order valence-electron chi connectivity index (χ0n) is 6.97. The van der Waals surface area contributed by atoms with Gasteiger partial charge in [-0.2, -0.15) is 5.10 Å². The standard InChI is InChI=1S/C8H8ClN3O/c1-4-6(11-12-8(4)10)5-2-3-13-7(5)9/h2-3H,1H3,(H3,10,11,12). The molecule has 0 saturated carbocycles. The smallest absolute Gasteiger partial charge is 0.202 e. The lowest BCUT2D eigenvalue weighted by atomic mass is 10.1. The quantitative estimate of drug-likeness (QED) is 0.737. The van der Waals surface area contributed by atoms with Crippen LogP contribution < -0.4 is 5.73 Å². The van der Waals surface area contributed by atoms with E-state index in [1.54, 1.807) is 6.07 Å². The van der Waals surface area contributed by atoms with E-state index in [1.807, 2.05) is 6.92 Å². The summed E-state index contributed by atoms with van der Waals surface area (Å²) in [6.45, 7) is 1.87. The highest BCUT2D eigenvalue weighted by molar-refractivity contribution is 6.31. The highest BCUT2D eigenvalue weighted by atomic mass is 35.5. The maximum absolute atomic E-state index is 5.80. The topological polar surface area (TPSA) is 67.8 Å². The number of aromatic nitrogens is 2. The number of aromatic amines is 1. The van der Waals surface area contributed by atoms with Crippen LogP contribution in [0.3, 0.4) is 0 Å². The molecular formula is C8H8ClN3O. The molecule has 0 aromatic carbocycles. The second-order valence-corrected chi connectivity index (χ2v) is 3.06. The van der Waals surface area contributed by atoms with Gasteiger partial charge in [-0.05, 0) is 24.6 Å². The Morgan fingerprint density at radius 2 is 2.38 bits per heavy atom. The Morgan fingerprint density at radius 1 is 1.62 bits per heavy atom. The van der Waals surface area contributed by atoms with Crippen LogP contribution in [-0.2, 0) is 0 Å². The largest absolute Gasteiger partial charge is 0.452 e.